The van der Waals surface area contributed by atoms with E-state index in [1.165, 1.54) is 17.8 Å². The summed E-state index contributed by atoms with van der Waals surface area (Å²) in [6.45, 7) is 2.14. The minimum absolute atomic E-state index is 0.376. The monoisotopic (exact) mass is 359 g/mol. The molecule has 1 aliphatic rings. The fourth-order valence-corrected chi connectivity index (χ4v) is 4.22. The fourth-order valence-electron chi connectivity index (χ4n) is 3.35. The molecule has 0 spiro atoms. The Morgan fingerprint density at radius 3 is 2.84 bits per heavy atom. The summed E-state index contributed by atoms with van der Waals surface area (Å²) in [6, 6.07) is 5.75. The standard InChI is InChI=1S/C17H21N5O2S/c1-21-8-4-5-11(10-21)15-18-19-17-22(15)20-16(25-17)13-7-6-12(23-2)9-14(13)24-3/h6-7,9,11H,4-5,8,10H2,1-3H3. The molecule has 1 unspecified atom stereocenters. The van der Waals surface area contributed by atoms with E-state index in [0.717, 1.165) is 52.4 Å². The Kier molecular flexibility index (Phi) is 4.30. The lowest BCUT2D eigenvalue weighted by Crippen LogP contribution is -2.31. The molecule has 3 heterocycles. The second-order valence-electron chi connectivity index (χ2n) is 6.33. The number of hydrogen-bond acceptors (Lipinski definition) is 7. The molecule has 4 rings (SSSR count). The molecule has 0 bridgehead atoms. The molecule has 2 aromatic heterocycles. The normalized spacial score (nSPS) is 18.6. The first-order valence-electron chi connectivity index (χ1n) is 8.32. The largest absolute Gasteiger partial charge is 0.497 e. The van der Waals surface area contributed by atoms with Crippen LogP contribution in [0, 0.1) is 0 Å². The van der Waals surface area contributed by atoms with Crippen LogP contribution in [0.1, 0.15) is 24.6 Å². The second-order valence-corrected chi connectivity index (χ2v) is 7.28. The number of hydrogen-bond donors (Lipinski definition) is 0. The molecule has 7 nitrogen and oxygen atoms in total. The van der Waals surface area contributed by atoms with Gasteiger partial charge in [-0.05, 0) is 38.6 Å². The van der Waals surface area contributed by atoms with Crippen LogP contribution in [0.4, 0.5) is 0 Å². The van der Waals surface area contributed by atoms with Gasteiger partial charge < -0.3 is 14.4 Å². The highest BCUT2D eigenvalue weighted by Crippen LogP contribution is 2.36. The van der Waals surface area contributed by atoms with Crippen LogP contribution in [0.3, 0.4) is 0 Å². The van der Waals surface area contributed by atoms with Crippen molar-refractivity contribution in [2.45, 2.75) is 18.8 Å². The van der Waals surface area contributed by atoms with Gasteiger partial charge in [-0.2, -0.15) is 9.61 Å². The SMILES string of the molecule is COc1ccc(-c2nn3c(C4CCCN(C)C4)nnc3s2)c(OC)c1. The van der Waals surface area contributed by atoms with Crippen molar-refractivity contribution >= 4 is 16.3 Å². The summed E-state index contributed by atoms with van der Waals surface area (Å²) >= 11 is 1.52. The lowest BCUT2D eigenvalue weighted by Gasteiger charge is -2.28. The highest BCUT2D eigenvalue weighted by atomic mass is 32.1. The van der Waals surface area contributed by atoms with Crippen LogP contribution in [0.15, 0.2) is 18.2 Å². The molecule has 3 aromatic rings. The van der Waals surface area contributed by atoms with Gasteiger partial charge in [0, 0.05) is 18.5 Å². The van der Waals surface area contributed by atoms with E-state index < -0.39 is 0 Å². The van der Waals surface area contributed by atoms with Crippen LogP contribution in [-0.2, 0) is 0 Å². The summed E-state index contributed by atoms with van der Waals surface area (Å²) in [5.41, 5.74) is 0.936. The molecule has 0 N–H and O–H groups in total. The maximum absolute atomic E-state index is 5.51. The average molecular weight is 359 g/mol. The Morgan fingerprint density at radius 2 is 2.08 bits per heavy atom. The van der Waals surface area contributed by atoms with Gasteiger partial charge in [0.25, 0.3) is 0 Å². The van der Waals surface area contributed by atoms with Crippen LogP contribution in [0.5, 0.6) is 11.5 Å². The molecule has 1 aromatic carbocycles. The molecule has 1 saturated heterocycles. The Labute approximate surface area is 150 Å². The molecule has 8 heteroatoms. The quantitative estimate of drug-likeness (QED) is 0.714. The minimum Gasteiger partial charge on any atom is -0.497 e. The van der Waals surface area contributed by atoms with Crippen molar-refractivity contribution in [3.8, 4) is 22.1 Å². The molecule has 1 atom stereocenters. The first-order valence-corrected chi connectivity index (χ1v) is 9.14. The molecule has 25 heavy (non-hydrogen) atoms. The van der Waals surface area contributed by atoms with E-state index in [1.54, 1.807) is 14.2 Å². The first-order chi connectivity index (χ1) is 12.2. The van der Waals surface area contributed by atoms with Crippen LogP contribution >= 0.6 is 11.3 Å². The zero-order chi connectivity index (χ0) is 17.4. The Balaban J connectivity index is 1.73. The van der Waals surface area contributed by atoms with Crippen molar-refractivity contribution in [3.63, 3.8) is 0 Å². The lowest BCUT2D eigenvalue weighted by molar-refractivity contribution is 0.244. The van der Waals surface area contributed by atoms with E-state index in [0.29, 0.717) is 5.92 Å². The fraction of sp³-hybridized carbons (Fsp3) is 0.471. The van der Waals surface area contributed by atoms with Crippen LogP contribution in [0.2, 0.25) is 0 Å². The number of aromatic nitrogens is 4. The minimum atomic E-state index is 0.376. The summed E-state index contributed by atoms with van der Waals surface area (Å²) in [5, 5.41) is 14.4. The zero-order valence-electron chi connectivity index (χ0n) is 14.6. The van der Waals surface area contributed by atoms with Crippen LogP contribution in [0.25, 0.3) is 15.5 Å². The van der Waals surface area contributed by atoms with E-state index in [1.807, 2.05) is 22.7 Å². The van der Waals surface area contributed by atoms with Crippen LogP contribution < -0.4 is 9.47 Å². The highest BCUT2D eigenvalue weighted by Gasteiger charge is 2.25. The van der Waals surface area contributed by atoms with Gasteiger partial charge >= 0.3 is 0 Å². The van der Waals surface area contributed by atoms with Crippen molar-refractivity contribution in [2.24, 2.45) is 0 Å². The number of piperidine rings is 1. The van der Waals surface area contributed by atoms with Gasteiger partial charge in [-0.3, -0.25) is 0 Å². The topological polar surface area (TPSA) is 64.8 Å². The molecule has 0 saturated carbocycles. The lowest BCUT2D eigenvalue weighted by atomic mass is 9.98. The number of fused-ring (bicyclic) bond motifs is 1. The van der Waals surface area contributed by atoms with Crippen molar-refractivity contribution in [3.05, 3.63) is 24.0 Å². The van der Waals surface area contributed by atoms with Crippen molar-refractivity contribution in [1.82, 2.24) is 24.7 Å². The molecular formula is C17H21N5O2S. The first kappa shape index (κ1) is 16.3. The van der Waals surface area contributed by atoms with E-state index in [-0.39, 0.29) is 0 Å². The average Bonchev–Trinajstić information content (AvgIpc) is 3.21. The number of likely N-dealkylation sites (N-methyl/N-ethyl adjacent to an activating group) is 1. The number of likely N-dealkylation sites (tertiary alicyclic amines) is 1. The number of rotatable bonds is 4. The summed E-state index contributed by atoms with van der Waals surface area (Å²) in [7, 11) is 5.45. The highest BCUT2D eigenvalue weighted by molar-refractivity contribution is 7.19. The maximum Gasteiger partial charge on any atom is 0.234 e. The number of ether oxygens (including phenoxy) is 2. The van der Waals surface area contributed by atoms with Gasteiger partial charge in [-0.1, -0.05) is 11.3 Å². The van der Waals surface area contributed by atoms with Crippen molar-refractivity contribution < 1.29 is 9.47 Å². The van der Waals surface area contributed by atoms with Gasteiger partial charge in [0.2, 0.25) is 4.96 Å². The molecule has 0 amide bonds. The van der Waals surface area contributed by atoms with Crippen LogP contribution in [-0.4, -0.2) is 59.1 Å². The van der Waals surface area contributed by atoms with E-state index in [4.69, 9.17) is 14.6 Å². The third-order valence-corrected chi connectivity index (χ3v) is 5.58. The molecule has 0 radical (unpaired) electrons. The third-order valence-electron chi connectivity index (χ3n) is 4.64. The number of nitrogens with zero attached hydrogens (tertiary/aromatic N) is 5. The van der Waals surface area contributed by atoms with Gasteiger partial charge in [-0.15, -0.1) is 10.2 Å². The molecule has 132 valence electrons. The summed E-state index contributed by atoms with van der Waals surface area (Å²) in [6.07, 6.45) is 2.31. The zero-order valence-corrected chi connectivity index (χ0v) is 15.4. The molecule has 1 fully saturated rings. The van der Waals surface area contributed by atoms with E-state index >= 15 is 0 Å². The van der Waals surface area contributed by atoms with E-state index in [9.17, 15) is 0 Å². The smallest absolute Gasteiger partial charge is 0.234 e. The summed E-state index contributed by atoms with van der Waals surface area (Å²) < 4.78 is 12.7. The Hall–Kier alpha value is -2.19. The maximum atomic E-state index is 5.51. The van der Waals surface area contributed by atoms with Crippen molar-refractivity contribution in [1.29, 1.82) is 0 Å². The third kappa shape index (κ3) is 2.96. The predicted molar refractivity (Wildman–Crippen MR) is 96.7 cm³/mol. The predicted octanol–water partition coefficient (Wildman–Crippen LogP) is 2.68. The number of benzene rings is 1. The number of methoxy groups -OCH3 is 2. The Morgan fingerprint density at radius 1 is 1.20 bits per heavy atom. The van der Waals surface area contributed by atoms with Crippen molar-refractivity contribution in [2.75, 3.05) is 34.4 Å². The van der Waals surface area contributed by atoms with E-state index in [2.05, 4.69) is 22.1 Å². The summed E-state index contributed by atoms with van der Waals surface area (Å²) in [4.78, 5) is 3.16. The molecular weight excluding hydrogens is 338 g/mol. The summed E-state index contributed by atoms with van der Waals surface area (Å²) in [5.74, 6) is 2.83. The van der Waals surface area contributed by atoms with Gasteiger partial charge in [0.1, 0.15) is 11.5 Å². The second kappa shape index (κ2) is 6.61. The van der Waals surface area contributed by atoms with Gasteiger partial charge in [-0.25, -0.2) is 0 Å². The Bertz CT molecular complexity index is 890. The molecule has 0 aliphatic carbocycles. The molecule has 1 aliphatic heterocycles. The van der Waals surface area contributed by atoms with Gasteiger partial charge in [0.15, 0.2) is 10.8 Å². The van der Waals surface area contributed by atoms with Gasteiger partial charge in [0.05, 0.1) is 19.8 Å².